The molecule has 0 radical (unpaired) electrons. The van der Waals surface area contributed by atoms with Crippen molar-refractivity contribution in [2.45, 2.75) is 27.3 Å². The molecule has 0 fully saturated rings. The minimum Gasteiger partial charge on any atom is -0.0904 e. The summed E-state index contributed by atoms with van der Waals surface area (Å²) >= 11 is 0. The molecule has 1 aliphatic heterocycles. The highest BCUT2D eigenvalue weighted by atomic mass is 28.3. The van der Waals surface area contributed by atoms with Crippen molar-refractivity contribution >= 4 is 8.80 Å². The number of rotatable bonds is 0. The third kappa shape index (κ3) is 1.01. The highest BCUT2D eigenvalue weighted by molar-refractivity contribution is 6.71. The lowest BCUT2D eigenvalue weighted by Gasteiger charge is -1.98. The molecule has 0 aliphatic carbocycles. The van der Waals surface area contributed by atoms with Gasteiger partial charge in [0.1, 0.15) is 0 Å². The zero-order chi connectivity index (χ0) is 7.02. The summed E-state index contributed by atoms with van der Waals surface area (Å²) in [6.45, 7) is 9.11. The predicted molar refractivity (Wildman–Crippen MR) is 45.1 cm³/mol. The van der Waals surface area contributed by atoms with Gasteiger partial charge in [-0.2, -0.15) is 0 Å². The standard InChI is InChI=1S/C8H14Si/c1-6-5-9(4)8(3)7(6)2/h5,9H,1-4H3. The number of hydrogen-bond acceptors (Lipinski definition) is 0. The lowest BCUT2D eigenvalue weighted by atomic mass is 10.1. The van der Waals surface area contributed by atoms with Crippen LogP contribution in [0.1, 0.15) is 20.8 Å². The molecule has 0 aromatic carbocycles. The zero-order valence-electron chi connectivity index (χ0n) is 6.65. The van der Waals surface area contributed by atoms with Crippen molar-refractivity contribution in [3.8, 4) is 0 Å². The highest BCUT2D eigenvalue weighted by Gasteiger charge is 2.13. The normalized spacial score (nSPS) is 27.1. The fourth-order valence-corrected chi connectivity index (χ4v) is 3.44. The summed E-state index contributed by atoms with van der Waals surface area (Å²) in [5.41, 5.74) is 5.53. The maximum Gasteiger partial charge on any atom is 0.0862 e. The molecule has 0 N–H and O–H groups in total. The summed E-state index contributed by atoms with van der Waals surface area (Å²) in [5, 5.41) is 1.67. The maximum atomic E-state index is 2.46. The van der Waals surface area contributed by atoms with Gasteiger partial charge in [0.05, 0.1) is 8.80 Å². The van der Waals surface area contributed by atoms with Crippen LogP contribution in [0.2, 0.25) is 6.55 Å². The molecule has 0 nitrogen and oxygen atoms in total. The van der Waals surface area contributed by atoms with Crippen LogP contribution in [0.25, 0.3) is 0 Å². The molecular formula is C8H14Si. The van der Waals surface area contributed by atoms with Crippen LogP contribution in [0, 0.1) is 0 Å². The monoisotopic (exact) mass is 138 g/mol. The second kappa shape index (κ2) is 2.14. The Labute approximate surface area is 58.9 Å². The summed E-state index contributed by atoms with van der Waals surface area (Å²) in [7, 11) is -0.542. The average Bonchev–Trinajstić information content (AvgIpc) is 1.98. The molecule has 9 heavy (non-hydrogen) atoms. The van der Waals surface area contributed by atoms with E-state index in [-0.39, 0.29) is 0 Å². The lowest BCUT2D eigenvalue weighted by molar-refractivity contribution is 1.34. The Kier molecular flexibility index (Phi) is 1.62. The van der Waals surface area contributed by atoms with E-state index in [1.807, 2.05) is 0 Å². The molecule has 0 aromatic rings. The first-order chi connectivity index (χ1) is 4.13. The van der Waals surface area contributed by atoms with Gasteiger partial charge < -0.3 is 0 Å². The minimum atomic E-state index is -0.542. The molecule has 50 valence electrons. The Balaban J connectivity index is 2.97. The van der Waals surface area contributed by atoms with Crippen molar-refractivity contribution in [2.24, 2.45) is 0 Å². The van der Waals surface area contributed by atoms with E-state index < -0.39 is 8.80 Å². The van der Waals surface area contributed by atoms with Gasteiger partial charge in [0.25, 0.3) is 0 Å². The van der Waals surface area contributed by atoms with Crippen LogP contribution < -0.4 is 0 Å². The summed E-state index contributed by atoms with van der Waals surface area (Å²) in [6, 6.07) is 0. The maximum absolute atomic E-state index is 2.46. The van der Waals surface area contributed by atoms with Gasteiger partial charge in [0.15, 0.2) is 0 Å². The highest BCUT2D eigenvalue weighted by Crippen LogP contribution is 2.23. The van der Waals surface area contributed by atoms with Crippen LogP contribution in [-0.2, 0) is 0 Å². The van der Waals surface area contributed by atoms with Gasteiger partial charge >= 0.3 is 0 Å². The Morgan fingerprint density at radius 1 is 1.22 bits per heavy atom. The number of hydrogen-bond donors (Lipinski definition) is 0. The van der Waals surface area contributed by atoms with Crippen molar-refractivity contribution in [3.05, 3.63) is 22.0 Å². The average molecular weight is 138 g/mol. The van der Waals surface area contributed by atoms with Crippen molar-refractivity contribution in [1.29, 1.82) is 0 Å². The summed E-state index contributed by atoms with van der Waals surface area (Å²) in [5.74, 6) is 0. The molecule has 1 atom stereocenters. The molecule has 0 aromatic heterocycles. The van der Waals surface area contributed by atoms with Crippen molar-refractivity contribution < 1.29 is 0 Å². The largest absolute Gasteiger partial charge is 0.0904 e. The molecule has 0 saturated carbocycles. The zero-order valence-corrected chi connectivity index (χ0v) is 7.81. The first kappa shape index (κ1) is 6.81. The van der Waals surface area contributed by atoms with E-state index in [0.29, 0.717) is 0 Å². The topological polar surface area (TPSA) is 0 Å². The van der Waals surface area contributed by atoms with E-state index in [0.717, 1.165) is 0 Å². The van der Waals surface area contributed by atoms with Gasteiger partial charge in [-0.05, 0) is 20.8 Å². The molecule has 0 amide bonds. The lowest BCUT2D eigenvalue weighted by Crippen LogP contribution is -2.01. The molecule has 1 heteroatoms. The van der Waals surface area contributed by atoms with E-state index in [4.69, 9.17) is 0 Å². The van der Waals surface area contributed by atoms with E-state index >= 15 is 0 Å². The first-order valence-electron chi connectivity index (χ1n) is 3.49. The molecule has 1 unspecified atom stereocenters. The van der Waals surface area contributed by atoms with Gasteiger partial charge in [0, 0.05) is 0 Å². The van der Waals surface area contributed by atoms with Gasteiger partial charge in [-0.15, -0.1) is 0 Å². The van der Waals surface area contributed by atoms with Crippen molar-refractivity contribution in [2.75, 3.05) is 0 Å². The quantitative estimate of drug-likeness (QED) is 0.450. The van der Waals surface area contributed by atoms with E-state index in [9.17, 15) is 0 Å². The first-order valence-corrected chi connectivity index (χ1v) is 5.89. The molecule has 0 spiro atoms. The van der Waals surface area contributed by atoms with Crippen molar-refractivity contribution in [1.82, 2.24) is 0 Å². The van der Waals surface area contributed by atoms with Crippen LogP contribution in [0.4, 0.5) is 0 Å². The van der Waals surface area contributed by atoms with Crippen LogP contribution in [0.15, 0.2) is 22.0 Å². The van der Waals surface area contributed by atoms with Crippen LogP contribution >= 0.6 is 0 Å². The summed E-state index contributed by atoms with van der Waals surface area (Å²) in [6.07, 6.45) is 0. The van der Waals surface area contributed by atoms with Gasteiger partial charge in [0.2, 0.25) is 0 Å². The predicted octanol–water partition coefficient (Wildman–Crippen LogP) is 2.22. The minimum absolute atomic E-state index is 0.542. The summed E-state index contributed by atoms with van der Waals surface area (Å²) in [4.78, 5) is 0. The fraction of sp³-hybridized carbons (Fsp3) is 0.500. The Morgan fingerprint density at radius 2 is 1.78 bits per heavy atom. The fourth-order valence-electron chi connectivity index (χ4n) is 1.28. The second-order valence-electron chi connectivity index (χ2n) is 2.95. The molecule has 1 rings (SSSR count). The molecule has 0 bridgehead atoms. The molecular weight excluding hydrogens is 124 g/mol. The van der Waals surface area contributed by atoms with E-state index in [2.05, 4.69) is 33.0 Å². The smallest absolute Gasteiger partial charge is 0.0862 e. The Bertz CT molecular complexity index is 187. The molecule has 0 saturated heterocycles. The summed E-state index contributed by atoms with van der Waals surface area (Å²) < 4.78 is 0. The molecule has 1 aliphatic rings. The van der Waals surface area contributed by atoms with E-state index in [1.54, 1.807) is 10.8 Å². The Morgan fingerprint density at radius 3 is 1.89 bits per heavy atom. The molecule has 1 heterocycles. The van der Waals surface area contributed by atoms with Crippen LogP contribution in [0.3, 0.4) is 0 Å². The second-order valence-corrected chi connectivity index (χ2v) is 5.72. The Hall–Kier alpha value is -0.303. The van der Waals surface area contributed by atoms with Gasteiger partial charge in [-0.25, -0.2) is 0 Å². The number of allylic oxidation sites excluding steroid dienone is 3. The van der Waals surface area contributed by atoms with Gasteiger partial charge in [-0.1, -0.05) is 28.6 Å². The van der Waals surface area contributed by atoms with E-state index in [1.165, 1.54) is 5.57 Å². The SMILES string of the molecule is CC1=C[SiH](C)C(C)=C1C. The van der Waals surface area contributed by atoms with Crippen molar-refractivity contribution in [3.63, 3.8) is 0 Å². The van der Waals surface area contributed by atoms with Crippen LogP contribution in [-0.4, -0.2) is 8.80 Å². The third-order valence-electron chi connectivity index (χ3n) is 2.37. The third-order valence-corrected chi connectivity index (χ3v) is 5.17. The van der Waals surface area contributed by atoms with Crippen LogP contribution in [0.5, 0.6) is 0 Å². The van der Waals surface area contributed by atoms with Gasteiger partial charge in [-0.3, -0.25) is 0 Å².